The van der Waals surface area contributed by atoms with Gasteiger partial charge in [-0.15, -0.1) is 12.4 Å². The monoisotopic (exact) mass is 334 g/mol. The van der Waals surface area contributed by atoms with Crippen LogP contribution in [0.15, 0.2) is 18.2 Å². The largest absolute Gasteiger partial charge is 0.330 e. The molecule has 0 radical (unpaired) electrons. The molecule has 1 aliphatic rings. The van der Waals surface area contributed by atoms with Crippen LogP contribution in [0.1, 0.15) is 38.5 Å². The standard InChI is InChI=1S/C15H20ClFN2O.ClH/c16-11-4-5-13(12(17)8-11)19-14(20)9-15(10-18)6-2-1-3-7-15;/h4-5,8H,1-3,6-7,9-10,18H2,(H,19,20);1H. The first-order valence-electron chi connectivity index (χ1n) is 7.00. The van der Waals surface area contributed by atoms with Crippen molar-refractivity contribution in [1.82, 2.24) is 0 Å². The number of nitrogens with two attached hydrogens (primary N) is 1. The maximum absolute atomic E-state index is 13.6. The van der Waals surface area contributed by atoms with Gasteiger partial charge in [-0.25, -0.2) is 4.39 Å². The lowest BCUT2D eigenvalue weighted by atomic mass is 9.71. The highest BCUT2D eigenvalue weighted by Gasteiger charge is 2.33. The molecule has 0 heterocycles. The fourth-order valence-electron chi connectivity index (χ4n) is 2.88. The first kappa shape index (κ1) is 18.2. The lowest BCUT2D eigenvalue weighted by molar-refractivity contribution is -0.118. The van der Waals surface area contributed by atoms with Gasteiger partial charge in [0.2, 0.25) is 5.91 Å². The summed E-state index contributed by atoms with van der Waals surface area (Å²) < 4.78 is 13.6. The van der Waals surface area contributed by atoms with Crippen molar-refractivity contribution in [2.45, 2.75) is 38.5 Å². The second-order valence-corrected chi connectivity index (χ2v) is 6.05. The maximum Gasteiger partial charge on any atom is 0.225 e. The van der Waals surface area contributed by atoms with Crippen molar-refractivity contribution in [2.24, 2.45) is 11.1 Å². The molecule has 1 aromatic carbocycles. The summed E-state index contributed by atoms with van der Waals surface area (Å²) in [4.78, 5) is 12.1. The molecular formula is C15H21Cl2FN2O. The molecule has 2 rings (SSSR count). The van der Waals surface area contributed by atoms with Gasteiger partial charge in [0, 0.05) is 11.4 Å². The van der Waals surface area contributed by atoms with Crippen LogP contribution < -0.4 is 11.1 Å². The summed E-state index contributed by atoms with van der Waals surface area (Å²) in [5.74, 6) is -0.699. The molecule has 0 aliphatic heterocycles. The van der Waals surface area contributed by atoms with Crippen molar-refractivity contribution in [3.05, 3.63) is 29.0 Å². The summed E-state index contributed by atoms with van der Waals surface area (Å²) in [6.07, 6.45) is 5.72. The highest BCUT2D eigenvalue weighted by molar-refractivity contribution is 6.30. The van der Waals surface area contributed by atoms with Crippen molar-refractivity contribution in [3.63, 3.8) is 0 Å². The summed E-state index contributed by atoms with van der Waals surface area (Å²) in [7, 11) is 0. The zero-order valence-corrected chi connectivity index (χ0v) is 13.4. The molecule has 1 aliphatic carbocycles. The Morgan fingerprint density at radius 2 is 2.00 bits per heavy atom. The number of benzene rings is 1. The van der Waals surface area contributed by atoms with Gasteiger partial charge in [-0.2, -0.15) is 0 Å². The SMILES string of the molecule is Cl.NCC1(CC(=O)Nc2ccc(Cl)cc2F)CCCCC1. The molecule has 0 saturated heterocycles. The number of amides is 1. The van der Waals surface area contributed by atoms with Gasteiger partial charge in [0.15, 0.2) is 0 Å². The Labute approximate surface area is 135 Å². The molecule has 1 amide bonds. The lowest BCUT2D eigenvalue weighted by Gasteiger charge is -2.35. The van der Waals surface area contributed by atoms with Gasteiger partial charge in [0.05, 0.1) is 5.69 Å². The van der Waals surface area contributed by atoms with Crippen LogP contribution in [-0.4, -0.2) is 12.5 Å². The number of nitrogens with one attached hydrogen (secondary N) is 1. The van der Waals surface area contributed by atoms with Gasteiger partial charge in [-0.05, 0) is 43.0 Å². The second kappa shape index (κ2) is 7.97. The minimum atomic E-state index is -0.517. The molecule has 0 atom stereocenters. The minimum Gasteiger partial charge on any atom is -0.330 e. The van der Waals surface area contributed by atoms with Crippen molar-refractivity contribution < 1.29 is 9.18 Å². The number of rotatable bonds is 4. The fourth-order valence-corrected chi connectivity index (χ4v) is 3.04. The van der Waals surface area contributed by atoms with Gasteiger partial charge < -0.3 is 11.1 Å². The van der Waals surface area contributed by atoms with E-state index < -0.39 is 5.82 Å². The van der Waals surface area contributed by atoms with Crippen LogP contribution in [0.4, 0.5) is 10.1 Å². The summed E-state index contributed by atoms with van der Waals surface area (Å²) in [6, 6.07) is 4.22. The van der Waals surface area contributed by atoms with E-state index in [1.54, 1.807) is 6.07 Å². The molecule has 21 heavy (non-hydrogen) atoms. The highest BCUT2D eigenvalue weighted by atomic mass is 35.5. The van der Waals surface area contributed by atoms with Crippen molar-refractivity contribution in [3.8, 4) is 0 Å². The van der Waals surface area contributed by atoms with E-state index in [0.717, 1.165) is 25.7 Å². The zero-order chi connectivity index (χ0) is 14.6. The summed E-state index contributed by atoms with van der Waals surface area (Å²) in [5, 5.41) is 2.93. The number of carbonyl (C=O) groups is 1. The lowest BCUT2D eigenvalue weighted by Crippen LogP contribution is -2.36. The quantitative estimate of drug-likeness (QED) is 0.869. The van der Waals surface area contributed by atoms with E-state index in [4.69, 9.17) is 17.3 Å². The molecule has 3 nitrogen and oxygen atoms in total. The summed E-state index contributed by atoms with van der Waals surface area (Å²) in [6.45, 7) is 0.503. The van der Waals surface area contributed by atoms with E-state index in [0.29, 0.717) is 18.0 Å². The van der Waals surface area contributed by atoms with Gasteiger partial charge in [0.25, 0.3) is 0 Å². The Morgan fingerprint density at radius 1 is 1.33 bits per heavy atom. The van der Waals surface area contributed by atoms with Crippen LogP contribution in [0.5, 0.6) is 0 Å². The van der Waals surface area contributed by atoms with Crippen molar-refractivity contribution in [2.75, 3.05) is 11.9 Å². The third-order valence-corrected chi connectivity index (χ3v) is 4.32. The Bertz CT molecular complexity index is 491. The van der Waals surface area contributed by atoms with Gasteiger partial charge >= 0.3 is 0 Å². The normalized spacial score (nSPS) is 16.9. The average molecular weight is 335 g/mol. The number of carbonyl (C=O) groups excluding carboxylic acids is 1. The number of halogens is 3. The number of anilines is 1. The highest BCUT2D eigenvalue weighted by Crippen LogP contribution is 2.38. The van der Waals surface area contributed by atoms with Gasteiger partial charge in [-0.3, -0.25) is 4.79 Å². The third-order valence-electron chi connectivity index (χ3n) is 4.09. The molecule has 6 heteroatoms. The van der Waals surface area contributed by atoms with Crippen LogP contribution in [0, 0.1) is 11.2 Å². The van der Waals surface area contributed by atoms with Gasteiger partial charge in [-0.1, -0.05) is 30.9 Å². The molecule has 3 N–H and O–H groups in total. The van der Waals surface area contributed by atoms with Crippen LogP contribution in [0.25, 0.3) is 0 Å². The third kappa shape index (κ3) is 4.83. The molecule has 118 valence electrons. The van der Waals surface area contributed by atoms with Crippen LogP contribution in [0.3, 0.4) is 0 Å². The second-order valence-electron chi connectivity index (χ2n) is 5.61. The Kier molecular flexibility index (Phi) is 6.91. The first-order chi connectivity index (χ1) is 9.54. The number of hydrogen-bond donors (Lipinski definition) is 2. The van der Waals surface area contributed by atoms with E-state index in [9.17, 15) is 9.18 Å². The van der Waals surface area contributed by atoms with Crippen LogP contribution >= 0.6 is 24.0 Å². The van der Waals surface area contributed by atoms with Gasteiger partial charge in [0.1, 0.15) is 5.82 Å². The molecule has 0 spiro atoms. The molecular weight excluding hydrogens is 314 g/mol. The Balaban J connectivity index is 0.00000220. The molecule has 1 fully saturated rings. The van der Waals surface area contributed by atoms with Crippen molar-refractivity contribution >= 4 is 35.6 Å². The number of hydrogen-bond acceptors (Lipinski definition) is 2. The summed E-state index contributed by atoms with van der Waals surface area (Å²) >= 11 is 5.68. The molecule has 1 saturated carbocycles. The minimum absolute atomic E-state index is 0. The summed E-state index contributed by atoms with van der Waals surface area (Å²) in [5.41, 5.74) is 5.91. The van der Waals surface area contributed by atoms with E-state index in [2.05, 4.69) is 5.32 Å². The first-order valence-corrected chi connectivity index (χ1v) is 7.37. The van der Waals surface area contributed by atoms with E-state index in [-0.39, 0.29) is 29.4 Å². The van der Waals surface area contributed by atoms with E-state index in [1.807, 2.05) is 0 Å². The van der Waals surface area contributed by atoms with Crippen molar-refractivity contribution in [1.29, 1.82) is 0 Å². The zero-order valence-electron chi connectivity index (χ0n) is 11.8. The maximum atomic E-state index is 13.6. The predicted octanol–water partition coefficient (Wildman–Crippen LogP) is 4.14. The molecule has 0 unspecified atom stereocenters. The average Bonchev–Trinajstić information content (AvgIpc) is 2.43. The molecule has 0 bridgehead atoms. The fraction of sp³-hybridized carbons (Fsp3) is 0.533. The van der Waals surface area contributed by atoms with E-state index >= 15 is 0 Å². The predicted molar refractivity (Wildman–Crippen MR) is 86.5 cm³/mol. The molecule has 0 aromatic heterocycles. The Morgan fingerprint density at radius 3 is 2.57 bits per heavy atom. The smallest absolute Gasteiger partial charge is 0.225 e. The topological polar surface area (TPSA) is 55.1 Å². The Hall–Kier alpha value is -0.840. The molecule has 1 aromatic rings. The van der Waals surface area contributed by atoms with Crippen LogP contribution in [-0.2, 0) is 4.79 Å². The van der Waals surface area contributed by atoms with E-state index in [1.165, 1.54) is 18.6 Å². The van der Waals surface area contributed by atoms with Crippen LogP contribution in [0.2, 0.25) is 5.02 Å².